The van der Waals surface area contributed by atoms with Crippen LogP contribution in [0.5, 0.6) is 0 Å². The Bertz CT molecular complexity index is 861. The summed E-state index contributed by atoms with van der Waals surface area (Å²) in [6, 6.07) is 0. The van der Waals surface area contributed by atoms with E-state index in [2.05, 4.69) is 6.92 Å². The van der Waals surface area contributed by atoms with Crippen molar-refractivity contribution in [2.45, 2.75) is 136 Å². The molecule has 0 aromatic rings. The van der Waals surface area contributed by atoms with Crippen molar-refractivity contribution in [3.8, 4) is 0 Å². The lowest BCUT2D eigenvalue weighted by Crippen LogP contribution is -2.51. The predicted octanol–water partition coefficient (Wildman–Crippen LogP) is 7.75. The van der Waals surface area contributed by atoms with E-state index in [4.69, 9.17) is 9.47 Å². The van der Waals surface area contributed by atoms with Crippen molar-refractivity contribution in [1.29, 1.82) is 0 Å². The number of carbonyl (C=O) groups is 3. The van der Waals surface area contributed by atoms with Crippen molar-refractivity contribution in [2.24, 2.45) is 35.0 Å². The predicted molar refractivity (Wildman–Crippen MR) is 149 cm³/mol. The first kappa shape index (κ1) is 29.3. The number of ether oxygens (including phenoxy) is 2. The summed E-state index contributed by atoms with van der Waals surface area (Å²) in [6.07, 6.45) is 22.1. The molecule has 3 fully saturated rings. The molecule has 0 spiro atoms. The molecule has 0 bridgehead atoms. The summed E-state index contributed by atoms with van der Waals surface area (Å²) in [5, 5.41) is 0. The van der Waals surface area contributed by atoms with Crippen LogP contribution in [-0.2, 0) is 23.9 Å². The summed E-state index contributed by atoms with van der Waals surface area (Å²) in [4.78, 5) is 35.0. The van der Waals surface area contributed by atoms with Gasteiger partial charge in [0.15, 0.2) is 5.78 Å². The minimum absolute atomic E-state index is 0.0816. The fraction of sp³-hybridized carbons (Fsp3) is 0.848. The highest BCUT2D eigenvalue weighted by Gasteiger charge is 2.59. The van der Waals surface area contributed by atoms with Crippen LogP contribution in [0.2, 0.25) is 0 Å². The smallest absolute Gasteiger partial charge is 0.302 e. The van der Waals surface area contributed by atoms with E-state index in [1.54, 1.807) is 6.92 Å². The van der Waals surface area contributed by atoms with E-state index in [1.165, 1.54) is 76.7 Å². The standard InChI is InChI=1S/C33H52O5/c1-23(34)37-20-12-10-8-6-4-5-7-9-11-13-25-21-26-22-27(36)14-15-28(26)29-18-19-33(3)30(32(25)29)16-17-31(33)38-24(2)35/h22,25,28-32H,4-21H2,1-3H3/t25?,28-,29?,30?,31-,32?,33-/m0/s1. The van der Waals surface area contributed by atoms with E-state index < -0.39 is 0 Å². The summed E-state index contributed by atoms with van der Waals surface area (Å²) < 4.78 is 10.9. The van der Waals surface area contributed by atoms with Crippen molar-refractivity contribution < 1.29 is 23.9 Å². The number of rotatable bonds is 13. The normalized spacial score (nSPS) is 34.1. The van der Waals surface area contributed by atoms with Crippen LogP contribution in [0.25, 0.3) is 0 Å². The average Bonchev–Trinajstić information content (AvgIpc) is 3.19. The van der Waals surface area contributed by atoms with Gasteiger partial charge in [-0.15, -0.1) is 0 Å². The first-order valence-electron chi connectivity index (χ1n) is 15.8. The van der Waals surface area contributed by atoms with Gasteiger partial charge < -0.3 is 9.47 Å². The van der Waals surface area contributed by atoms with Crippen molar-refractivity contribution in [2.75, 3.05) is 6.61 Å². The van der Waals surface area contributed by atoms with Crippen LogP contribution in [0.15, 0.2) is 11.6 Å². The van der Waals surface area contributed by atoms with Crippen LogP contribution in [0.1, 0.15) is 130 Å². The molecular formula is C33H52O5. The third-order valence-corrected chi connectivity index (χ3v) is 10.7. The second kappa shape index (κ2) is 13.6. The number of fused-ring (bicyclic) bond motifs is 5. The molecule has 0 saturated heterocycles. The molecule has 0 radical (unpaired) electrons. The van der Waals surface area contributed by atoms with Gasteiger partial charge in [-0.05, 0) is 87.0 Å². The molecule has 0 amide bonds. The zero-order valence-corrected chi connectivity index (χ0v) is 24.3. The maximum absolute atomic E-state index is 12.3. The first-order chi connectivity index (χ1) is 18.3. The van der Waals surface area contributed by atoms with Crippen molar-refractivity contribution in [3.05, 3.63) is 11.6 Å². The Labute approximate surface area is 230 Å². The first-order valence-corrected chi connectivity index (χ1v) is 15.8. The number of unbranched alkanes of at least 4 members (excludes halogenated alkanes) is 8. The lowest BCUT2D eigenvalue weighted by molar-refractivity contribution is -0.157. The lowest BCUT2D eigenvalue weighted by atomic mass is 9.49. The van der Waals surface area contributed by atoms with Gasteiger partial charge in [-0.25, -0.2) is 0 Å². The Morgan fingerprint density at radius 1 is 0.895 bits per heavy atom. The minimum Gasteiger partial charge on any atom is -0.466 e. The highest BCUT2D eigenvalue weighted by atomic mass is 16.5. The summed E-state index contributed by atoms with van der Waals surface area (Å²) >= 11 is 0. The fourth-order valence-corrected chi connectivity index (χ4v) is 8.98. The average molecular weight is 529 g/mol. The van der Waals surface area contributed by atoms with Gasteiger partial charge in [-0.3, -0.25) is 14.4 Å². The number of esters is 2. The highest BCUT2D eigenvalue weighted by Crippen LogP contribution is 2.64. The molecule has 38 heavy (non-hydrogen) atoms. The van der Waals surface area contributed by atoms with Gasteiger partial charge in [0.05, 0.1) is 6.61 Å². The maximum atomic E-state index is 12.3. The molecule has 4 aliphatic carbocycles. The van der Waals surface area contributed by atoms with Gasteiger partial charge in [0.25, 0.3) is 0 Å². The number of allylic oxidation sites excluding steroid dienone is 1. The summed E-state index contributed by atoms with van der Waals surface area (Å²) in [7, 11) is 0. The van der Waals surface area contributed by atoms with E-state index in [0.717, 1.165) is 50.9 Å². The van der Waals surface area contributed by atoms with Gasteiger partial charge in [0.1, 0.15) is 6.10 Å². The van der Waals surface area contributed by atoms with Gasteiger partial charge in [0, 0.05) is 25.7 Å². The van der Waals surface area contributed by atoms with Gasteiger partial charge >= 0.3 is 11.9 Å². The zero-order valence-electron chi connectivity index (χ0n) is 24.3. The molecule has 0 N–H and O–H groups in total. The Morgan fingerprint density at radius 2 is 1.58 bits per heavy atom. The van der Waals surface area contributed by atoms with E-state index in [1.807, 2.05) is 6.08 Å². The van der Waals surface area contributed by atoms with E-state index in [-0.39, 0.29) is 23.5 Å². The number of ketones is 1. The largest absolute Gasteiger partial charge is 0.466 e. The lowest BCUT2D eigenvalue weighted by Gasteiger charge is -2.56. The summed E-state index contributed by atoms with van der Waals surface area (Å²) in [5.41, 5.74) is 1.59. The third-order valence-electron chi connectivity index (χ3n) is 10.7. The molecule has 7 atom stereocenters. The molecule has 0 aromatic heterocycles. The number of carbonyl (C=O) groups excluding carboxylic acids is 3. The van der Waals surface area contributed by atoms with E-state index in [9.17, 15) is 14.4 Å². The molecule has 5 heteroatoms. The fourth-order valence-electron chi connectivity index (χ4n) is 8.98. The molecule has 5 nitrogen and oxygen atoms in total. The van der Waals surface area contributed by atoms with Gasteiger partial charge in [0.2, 0.25) is 0 Å². The topological polar surface area (TPSA) is 69.7 Å². The number of hydrogen-bond donors (Lipinski definition) is 0. The molecule has 0 heterocycles. The minimum atomic E-state index is -0.176. The molecular weight excluding hydrogens is 476 g/mol. The van der Waals surface area contributed by atoms with Crippen LogP contribution in [0.3, 0.4) is 0 Å². The van der Waals surface area contributed by atoms with E-state index in [0.29, 0.717) is 36.1 Å². The van der Waals surface area contributed by atoms with Crippen molar-refractivity contribution >= 4 is 17.7 Å². The number of hydrogen-bond acceptors (Lipinski definition) is 5. The Kier molecular flexibility index (Phi) is 10.5. The van der Waals surface area contributed by atoms with Crippen LogP contribution in [0.4, 0.5) is 0 Å². The highest BCUT2D eigenvalue weighted by molar-refractivity contribution is 5.91. The molecule has 4 unspecified atom stereocenters. The van der Waals surface area contributed by atoms with Gasteiger partial charge in [-0.1, -0.05) is 63.9 Å². The summed E-state index contributed by atoms with van der Waals surface area (Å²) in [5.74, 6) is 3.40. The van der Waals surface area contributed by atoms with E-state index >= 15 is 0 Å². The Balaban J connectivity index is 1.27. The monoisotopic (exact) mass is 528 g/mol. The SMILES string of the molecule is CC(=O)OCCCCCCCCCCCC1CC2=CC(=O)CC[C@@H]2C2CC[C@@]3(C)C(CC[C@@H]3OC(C)=O)C12. The molecule has 4 rings (SSSR count). The molecule has 214 valence electrons. The molecule has 0 aromatic carbocycles. The second-order valence-corrected chi connectivity index (χ2v) is 13.2. The van der Waals surface area contributed by atoms with Crippen LogP contribution >= 0.6 is 0 Å². The molecule has 0 aliphatic heterocycles. The Morgan fingerprint density at radius 3 is 2.26 bits per heavy atom. The third kappa shape index (κ3) is 7.10. The molecule has 4 aliphatic rings. The molecule has 3 saturated carbocycles. The Hall–Kier alpha value is -1.65. The zero-order chi connectivity index (χ0) is 27.1. The second-order valence-electron chi connectivity index (χ2n) is 13.2. The van der Waals surface area contributed by atoms with Crippen molar-refractivity contribution in [1.82, 2.24) is 0 Å². The summed E-state index contributed by atoms with van der Waals surface area (Å²) in [6.45, 7) is 6.01. The van der Waals surface area contributed by atoms with Crippen LogP contribution < -0.4 is 0 Å². The quantitative estimate of drug-likeness (QED) is 0.180. The van der Waals surface area contributed by atoms with Crippen LogP contribution in [0, 0.1) is 35.0 Å². The maximum Gasteiger partial charge on any atom is 0.302 e. The van der Waals surface area contributed by atoms with Crippen molar-refractivity contribution in [3.63, 3.8) is 0 Å². The van der Waals surface area contributed by atoms with Gasteiger partial charge in [-0.2, -0.15) is 0 Å². The van der Waals surface area contributed by atoms with Crippen LogP contribution in [-0.4, -0.2) is 30.4 Å².